The minimum absolute atomic E-state index is 0.128. The molecule has 1 aromatic carbocycles. The molecule has 0 saturated heterocycles. The van der Waals surface area contributed by atoms with Crippen LogP contribution in [-0.4, -0.2) is 21.5 Å². The molecule has 0 atom stereocenters. The van der Waals surface area contributed by atoms with Crippen molar-refractivity contribution in [1.82, 2.24) is 9.97 Å². The van der Waals surface area contributed by atoms with Gasteiger partial charge in [0.2, 0.25) is 0 Å². The van der Waals surface area contributed by atoms with Gasteiger partial charge in [-0.25, -0.2) is 4.98 Å². The summed E-state index contributed by atoms with van der Waals surface area (Å²) in [7, 11) is 0. The van der Waals surface area contributed by atoms with E-state index in [9.17, 15) is 9.59 Å². The van der Waals surface area contributed by atoms with Gasteiger partial charge < -0.3 is 4.98 Å². The first-order chi connectivity index (χ1) is 11.9. The van der Waals surface area contributed by atoms with Crippen LogP contribution in [0.2, 0.25) is 5.02 Å². The molecule has 0 amide bonds. The number of aryl methyl sites for hydroxylation is 2. The van der Waals surface area contributed by atoms with Gasteiger partial charge >= 0.3 is 0 Å². The van der Waals surface area contributed by atoms with E-state index >= 15 is 0 Å². The van der Waals surface area contributed by atoms with E-state index in [0.29, 0.717) is 32.6 Å². The van der Waals surface area contributed by atoms with Crippen LogP contribution in [0.25, 0.3) is 21.3 Å². The zero-order valence-electron chi connectivity index (χ0n) is 14.1. The molecule has 2 aromatic heterocycles. The topological polar surface area (TPSA) is 62.8 Å². The van der Waals surface area contributed by atoms with Crippen molar-refractivity contribution in [2.45, 2.75) is 32.3 Å². The van der Waals surface area contributed by atoms with Gasteiger partial charge in [-0.05, 0) is 44.0 Å². The summed E-state index contributed by atoms with van der Waals surface area (Å²) in [5, 5.41) is 1.87. The highest BCUT2D eigenvalue weighted by molar-refractivity contribution is 7.99. The maximum absolute atomic E-state index is 12.7. The molecule has 3 aromatic rings. The van der Waals surface area contributed by atoms with E-state index in [0.717, 1.165) is 21.6 Å². The van der Waals surface area contributed by atoms with Crippen LogP contribution in [0.3, 0.4) is 0 Å². The summed E-state index contributed by atoms with van der Waals surface area (Å²) < 4.78 is 0. The molecule has 0 unspecified atom stereocenters. The van der Waals surface area contributed by atoms with Gasteiger partial charge in [0.1, 0.15) is 10.6 Å². The Hall–Kier alpha value is -1.63. The van der Waals surface area contributed by atoms with Crippen LogP contribution >= 0.6 is 34.7 Å². The lowest BCUT2D eigenvalue weighted by atomic mass is 10.0. The number of nitrogens with zero attached hydrogens (tertiary/aromatic N) is 1. The van der Waals surface area contributed by atoms with Crippen molar-refractivity contribution in [2.75, 3.05) is 5.75 Å². The van der Waals surface area contributed by atoms with Crippen molar-refractivity contribution in [3.05, 3.63) is 44.0 Å². The lowest BCUT2D eigenvalue weighted by Gasteiger charge is -2.05. The standard InChI is InChI=1S/C18H17ClN2O2S2/c1-9-8-12(4-5-13(9)19)14-11(3)25-17-15(14)16(23)20-18(21-17)24-7-6-10(2)22/h4-5,8H,6-7H2,1-3H3,(H,20,21,23). The first kappa shape index (κ1) is 18.2. The number of aromatic nitrogens is 2. The third-order valence-electron chi connectivity index (χ3n) is 3.86. The van der Waals surface area contributed by atoms with Crippen LogP contribution in [0, 0.1) is 13.8 Å². The largest absolute Gasteiger partial charge is 0.301 e. The number of fused-ring (bicyclic) bond motifs is 1. The summed E-state index contributed by atoms with van der Waals surface area (Å²) in [4.78, 5) is 32.9. The van der Waals surface area contributed by atoms with Gasteiger partial charge in [-0.1, -0.05) is 29.4 Å². The second-order valence-electron chi connectivity index (χ2n) is 5.85. The molecule has 4 nitrogen and oxygen atoms in total. The van der Waals surface area contributed by atoms with E-state index in [4.69, 9.17) is 11.6 Å². The number of benzene rings is 1. The summed E-state index contributed by atoms with van der Waals surface area (Å²) in [5.74, 6) is 0.737. The van der Waals surface area contributed by atoms with Crippen LogP contribution < -0.4 is 5.56 Å². The highest BCUT2D eigenvalue weighted by atomic mass is 35.5. The van der Waals surface area contributed by atoms with E-state index in [1.165, 1.54) is 23.1 Å². The first-order valence-electron chi connectivity index (χ1n) is 7.79. The molecule has 0 saturated carbocycles. The molecule has 25 heavy (non-hydrogen) atoms. The van der Waals surface area contributed by atoms with E-state index < -0.39 is 0 Å². The Morgan fingerprint density at radius 1 is 1.36 bits per heavy atom. The van der Waals surface area contributed by atoms with Crippen molar-refractivity contribution < 1.29 is 4.79 Å². The van der Waals surface area contributed by atoms with Crippen molar-refractivity contribution in [2.24, 2.45) is 0 Å². The molecule has 0 spiro atoms. The number of nitrogens with one attached hydrogen (secondary N) is 1. The second kappa shape index (κ2) is 7.32. The number of carbonyl (C=O) groups excluding carboxylic acids is 1. The molecule has 130 valence electrons. The molecule has 0 aliphatic rings. The zero-order valence-corrected chi connectivity index (χ0v) is 16.5. The highest BCUT2D eigenvalue weighted by Gasteiger charge is 2.17. The average molecular weight is 393 g/mol. The van der Waals surface area contributed by atoms with E-state index in [1.54, 1.807) is 6.92 Å². The summed E-state index contributed by atoms with van der Waals surface area (Å²) >= 11 is 9.02. The predicted octanol–water partition coefficient (Wildman–Crippen LogP) is 4.99. The fourth-order valence-corrected chi connectivity index (χ4v) is 4.73. The van der Waals surface area contributed by atoms with Gasteiger partial charge in [0.15, 0.2) is 5.16 Å². The van der Waals surface area contributed by atoms with E-state index in [2.05, 4.69) is 9.97 Å². The number of halogens is 1. The van der Waals surface area contributed by atoms with Crippen LogP contribution in [0.4, 0.5) is 0 Å². The third-order valence-corrected chi connectivity index (χ3v) is 6.15. The molecular weight excluding hydrogens is 376 g/mol. The molecule has 0 aliphatic heterocycles. The lowest BCUT2D eigenvalue weighted by Crippen LogP contribution is -2.09. The van der Waals surface area contributed by atoms with Gasteiger partial charge in [-0.15, -0.1) is 11.3 Å². The van der Waals surface area contributed by atoms with Crippen molar-refractivity contribution in [3.8, 4) is 11.1 Å². The molecular formula is C18H17ClN2O2S2. The van der Waals surface area contributed by atoms with E-state index in [-0.39, 0.29) is 11.3 Å². The Labute approximate surface area is 158 Å². The summed E-state index contributed by atoms with van der Waals surface area (Å²) in [6.07, 6.45) is 0.463. The smallest absolute Gasteiger partial charge is 0.260 e. The lowest BCUT2D eigenvalue weighted by molar-refractivity contribution is -0.116. The van der Waals surface area contributed by atoms with Gasteiger partial charge in [0.25, 0.3) is 5.56 Å². The van der Waals surface area contributed by atoms with Crippen LogP contribution in [0.15, 0.2) is 28.2 Å². The number of hydrogen-bond donors (Lipinski definition) is 1. The molecule has 1 N–H and O–H groups in total. The third kappa shape index (κ3) is 3.81. The van der Waals surface area contributed by atoms with Crippen molar-refractivity contribution in [1.29, 1.82) is 0 Å². The molecule has 7 heteroatoms. The number of carbonyl (C=O) groups is 1. The van der Waals surface area contributed by atoms with Gasteiger partial charge in [0, 0.05) is 27.6 Å². The Morgan fingerprint density at radius 3 is 2.80 bits per heavy atom. The fourth-order valence-electron chi connectivity index (χ4n) is 2.61. The summed E-state index contributed by atoms with van der Waals surface area (Å²) in [6.45, 7) is 5.50. The first-order valence-corrected chi connectivity index (χ1v) is 9.97. The molecule has 0 fully saturated rings. The number of ketones is 1. The number of thioether (sulfide) groups is 1. The van der Waals surface area contributed by atoms with Crippen LogP contribution in [0.1, 0.15) is 23.8 Å². The minimum Gasteiger partial charge on any atom is -0.301 e. The highest BCUT2D eigenvalue weighted by Crippen LogP contribution is 2.37. The summed E-state index contributed by atoms with van der Waals surface area (Å²) in [6, 6.07) is 5.77. The van der Waals surface area contributed by atoms with Gasteiger partial charge in [-0.2, -0.15) is 0 Å². The van der Waals surface area contributed by atoms with Crippen LogP contribution in [-0.2, 0) is 4.79 Å². The quantitative estimate of drug-likeness (QED) is 0.490. The Morgan fingerprint density at radius 2 is 2.12 bits per heavy atom. The minimum atomic E-state index is -0.151. The summed E-state index contributed by atoms with van der Waals surface area (Å²) in [5.41, 5.74) is 2.70. The second-order valence-corrected chi connectivity index (χ2v) is 8.54. The fraction of sp³-hybridized carbons (Fsp3) is 0.278. The van der Waals surface area contributed by atoms with Crippen LogP contribution in [0.5, 0.6) is 0 Å². The number of Topliss-reactive ketones (excluding diaryl/α,β-unsaturated/α-hetero) is 1. The van der Waals surface area contributed by atoms with Crippen molar-refractivity contribution in [3.63, 3.8) is 0 Å². The number of hydrogen-bond acceptors (Lipinski definition) is 5. The number of rotatable bonds is 5. The van der Waals surface area contributed by atoms with Gasteiger partial charge in [0.05, 0.1) is 5.39 Å². The normalized spacial score (nSPS) is 11.2. The molecule has 0 aliphatic carbocycles. The molecule has 3 rings (SSSR count). The Bertz CT molecular complexity index is 1020. The molecule has 2 heterocycles. The molecule has 0 bridgehead atoms. The number of thiophene rings is 1. The average Bonchev–Trinajstić information content (AvgIpc) is 2.86. The van der Waals surface area contributed by atoms with Crippen molar-refractivity contribution >= 4 is 50.7 Å². The monoisotopic (exact) mass is 392 g/mol. The zero-order chi connectivity index (χ0) is 18.1. The van der Waals surface area contributed by atoms with E-state index in [1.807, 2.05) is 32.0 Å². The maximum atomic E-state index is 12.7. The van der Waals surface area contributed by atoms with Gasteiger partial charge in [-0.3, -0.25) is 9.59 Å². The Balaban J connectivity index is 2.06. The Kier molecular flexibility index (Phi) is 5.32. The maximum Gasteiger partial charge on any atom is 0.260 e. The SMILES string of the molecule is CC(=O)CCSc1nc2sc(C)c(-c3ccc(Cl)c(C)c3)c2c(=O)[nH]1. The number of H-pyrrole nitrogens is 1. The number of aromatic amines is 1. The molecule has 0 radical (unpaired) electrons. The predicted molar refractivity (Wildman–Crippen MR) is 106 cm³/mol.